The van der Waals surface area contributed by atoms with Crippen molar-refractivity contribution in [2.45, 2.75) is 13.8 Å². The van der Waals surface area contributed by atoms with Crippen LogP contribution in [0.1, 0.15) is 19.6 Å². The van der Waals surface area contributed by atoms with Crippen LogP contribution in [0, 0.1) is 0 Å². The molecule has 28 heavy (non-hydrogen) atoms. The second-order valence-corrected chi connectivity index (χ2v) is 6.00. The predicted octanol–water partition coefficient (Wildman–Crippen LogP) is 2.80. The van der Waals surface area contributed by atoms with Gasteiger partial charge in [0.05, 0.1) is 12.8 Å². The summed E-state index contributed by atoms with van der Waals surface area (Å²) >= 11 is 0. The van der Waals surface area contributed by atoms with Crippen molar-refractivity contribution in [3.63, 3.8) is 0 Å². The minimum Gasteiger partial charge on any atom is -0.497 e. The van der Waals surface area contributed by atoms with Crippen molar-refractivity contribution >= 4 is 35.5 Å². The molecular weight excluding hydrogens is 362 g/mol. The fourth-order valence-corrected chi connectivity index (χ4v) is 2.89. The van der Waals surface area contributed by atoms with Crippen LogP contribution in [0.5, 0.6) is 5.75 Å². The molecule has 146 valence electrons. The highest BCUT2D eigenvalue weighted by atomic mass is 16.5. The van der Waals surface area contributed by atoms with E-state index in [4.69, 9.17) is 9.15 Å². The lowest BCUT2D eigenvalue weighted by molar-refractivity contribution is -0.122. The third-order valence-electron chi connectivity index (χ3n) is 4.41. The van der Waals surface area contributed by atoms with Crippen LogP contribution in [0.25, 0.3) is 6.08 Å². The maximum atomic E-state index is 12.9. The van der Waals surface area contributed by atoms with E-state index in [9.17, 15) is 14.4 Å². The summed E-state index contributed by atoms with van der Waals surface area (Å²) in [5, 5.41) is 2.18. The molecule has 0 aliphatic carbocycles. The number of hydrogen-bond acceptors (Lipinski definition) is 6. The van der Waals surface area contributed by atoms with Gasteiger partial charge in [-0.05, 0) is 50.3 Å². The molecule has 0 spiro atoms. The Morgan fingerprint density at radius 3 is 2.36 bits per heavy atom. The van der Waals surface area contributed by atoms with E-state index in [1.165, 1.54) is 13.2 Å². The minimum absolute atomic E-state index is 0.184. The molecule has 4 amide bonds. The van der Waals surface area contributed by atoms with E-state index >= 15 is 0 Å². The number of ether oxygens (including phenoxy) is 1. The number of urea groups is 1. The molecule has 3 rings (SSSR count). The maximum Gasteiger partial charge on any atom is 0.335 e. The summed E-state index contributed by atoms with van der Waals surface area (Å²) in [6, 6.07) is 9.02. The van der Waals surface area contributed by atoms with Crippen molar-refractivity contribution < 1.29 is 23.5 Å². The van der Waals surface area contributed by atoms with Crippen molar-refractivity contribution in [2.75, 3.05) is 30.0 Å². The summed E-state index contributed by atoms with van der Waals surface area (Å²) in [4.78, 5) is 40.2. The Morgan fingerprint density at radius 1 is 1.07 bits per heavy atom. The Hall–Kier alpha value is -3.55. The number of imide groups is 2. The highest BCUT2D eigenvalue weighted by molar-refractivity contribution is 6.39. The molecule has 1 aromatic heterocycles. The number of carbonyl (C=O) groups excluding carboxylic acids is 3. The van der Waals surface area contributed by atoms with Crippen molar-refractivity contribution in [1.29, 1.82) is 0 Å². The molecule has 0 radical (unpaired) electrons. The summed E-state index contributed by atoms with van der Waals surface area (Å²) in [6.07, 6.45) is 1.34. The molecule has 1 fully saturated rings. The molecule has 0 bridgehead atoms. The van der Waals surface area contributed by atoms with Gasteiger partial charge in [-0.2, -0.15) is 0 Å². The van der Waals surface area contributed by atoms with E-state index in [0.29, 0.717) is 23.1 Å². The zero-order chi connectivity index (χ0) is 20.3. The van der Waals surface area contributed by atoms with Gasteiger partial charge in [-0.3, -0.25) is 14.9 Å². The largest absolute Gasteiger partial charge is 0.497 e. The molecule has 0 unspecified atom stereocenters. The smallest absolute Gasteiger partial charge is 0.335 e. The summed E-state index contributed by atoms with van der Waals surface area (Å²) in [6.45, 7) is 5.53. The highest BCUT2D eigenvalue weighted by Gasteiger charge is 2.37. The number of anilines is 2. The Morgan fingerprint density at radius 2 is 1.75 bits per heavy atom. The number of barbiturate groups is 1. The van der Waals surface area contributed by atoms with Crippen LogP contribution in [-0.4, -0.2) is 38.0 Å². The van der Waals surface area contributed by atoms with Crippen LogP contribution in [-0.2, 0) is 9.59 Å². The van der Waals surface area contributed by atoms with Gasteiger partial charge in [0, 0.05) is 19.2 Å². The Labute approximate surface area is 162 Å². The molecular formula is C20H21N3O5. The molecule has 1 aliphatic heterocycles. The Balaban J connectivity index is 1.92. The van der Waals surface area contributed by atoms with E-state index in [1.54, 1.807) is 36.4 Å². The van der Waals surface area contributed by atoms with Gasteiger partial charge in [-0.25, -0.2) is 9.69 Å². The average Bonchev–Trinajstić information content (AvgIpc) is 3.15. The fourth-order valence-electron chi connectivity index (χ4n) is 2.89. The van der Waals surface area contributed by atoms with Crippen molar-refractivity contribution in [1.82, 2.24) is 5.32 Å². The highest BCUT2D eigenvalue weighted by Crippen LogP contribution is 2.25. The number of hydrogen-bond donors (Lipinski definition) is 1. The maximum absolute atomic E-state index is 12.9. The van der Waals surface area contributed by atoms with Gasteiger partial charge in [0.15, 0.2) is 5.88 Å². The number of amides is 4. The zero-order valence-corrected chi connectivity index (χ0v) is 15.9. The standard InChI is InChI=1S/C20H21N3O5/c1-4-22(5-2)17-11-10-15(28-17)12-16-18(24)21-20(26)23(19(16)25)13-6-8-14(27-3)9-7-13/h6-12H,4-5H2,1-3H3,(H,21,24,26)/b16-12+. The molecule has 1 aromatic carbocycles. The normalized spacial score (nSPS) is 15.8. The molecule has 1 saturated heterocycles. The van der Waals surface area contributed by atoms with E-state index in [-0.39, 0.29) is 5.57 Å². The van der Waals surface area contributed by atoms with E-state index in [0.717, 1.165) is 18.0 Å². The van der Waals surface area contributed by atoms with Gasteiger partial charge in [0.1, 0.15) is 17.1 Å². The predicted molar refractivity (Wildman–Crippen MR) is 104 cm³/mol. The van der Waals surface area contributed by atoms with Crippen molar-refractivity contribution in [3.8, 4) is 5.75 Å². The molecule has 8 heteroatoms. The summed E-state index contributed by atoms with van der Waals surface area (Å²) in [7, 11) is 1.52. The van der Waals surface area contributed by atoms with Crippen LogP contribution >= 0.6 is 0 Å². The van der Waals surface area contributed by atoms with Crippen molar-refractivity contribution in [3.05, 3.63) is 47.7 Å². The lowest BCUT2D eigenvalue weighted by Gasteiger charge is -2.26. The quantitative estimate of drug-likeness (QED) is 0.609. The van der Waals surface area contributed by atoms with E-state index in [2.05, 4.69) is 5.32 Å². The molecule has 1 aliphatic rings. The number of benzene rings is 1. The number of methoxy groups -OCH3 is 1. The second-order valence-electron chi connectivity index (χ2n) is 6.00. The number of carbonyl (C=O) groups is 3. The average molecular weight is 383 g/mol. The SMILES string of the molecule is CCN(CC)c1ccc(/C=C2\C(=O)NC(=O)N(c3ccc(OC)cc3)C2=O)o1. The van der Waals surface area contributed by atoms with Gasteiger partial charge in [0.25, 0.3) is 11.8 Å². The third kappa shape index (κ3) is 3.62. The zero-order valence-electron chi connectivity index (χ0n) is 15.9. The van der Waals surface area contributed by atoms with Crippen LogP contribution in [0.4, 0.5) is 16.4 Å². The number of furan rings is 1. The van der Waals surface area contributed by atoms with Crippen molar-refractivity contribution in [2.24, 2.45) is 0 Å². The van der Waals surface area contributed by atoms with Gasteiger partial charge in [-0.15, -0.1) is 0 Å². The topological polar surface area (TPSA) is 92.1 Å². The lowest BCUT2D eigenvalue weighted by atomic mass is 10.1. The Kier molecular flexibility index (Phi) is 5.49. The number of nitrogens with zero attached hydrogens (tertiary/aromatic N) is 2. The second kappa shape index (κ2) is 7.99. The fraction of sp³-hybridized carbons (Fsp3) is 0.250. The first-order chi connectivity index (χ1) is 13.5. The summed E-state index contributed by atoms with van der Waals surface area (Å²) in [5.41, 5.74) is 0.140. The summed E-state index contributed by atoms with van der Waals surface area (Å²) in [5.74, 6) is 0.0910. The lowest BCUT2D eigenvalue weighted by Crippen LogP contribution is -2.54. The molecule has 2 heterocycles. The van der Waals surface area contributed by atoms with Gasteiger partial charge < -0.3 is 14.1 Å². The molecule has 8 nitrogen and oxygen atoms in total. The first-order valence-electron chi connectivity index (χ1n) is 8.88. The van der Waals surface area contributed by atoms with Crippen LogP contribution in [0.2, 0.25) is 0 Å². The van der Waals surface area contributed by atoms with Gasteiger partial charge in [-0.1, -0.05) is 0 Å². The van der Waals surface area contributed by atoms with E-state index < -0.39 is 17.8 Å². The van der Waals surface area contributed by atoms with E-state index in [1.807, 2.05) is 18.7 Å². The number of nitrogens with one attached hydrogen (secondary N) is 1. The van der Waals surface area contributed by atoms with Crippen LogP contribution in [0.3, 0.4) is 0 Å². The van der Waals surface area contributed by atoms with Gasteiger partial charge >= 0.3 is 6.03 Å². The first kappa shape index (κ1) is 19.2. The summed E-state index contributed by atoms with van der Waals surface area (Å²) < 4.78 is 10.8. The van der Waals surface area contributed by atoms with Crippen LogP contribution < -0.4 is 19.9 Å². The first-order valence-corrected chi connectivity index (χ1v) is 8.88. The molecule has 0 saturated carbocycles. The molecule has 2 aromatic rings. The molecule has 0 atom stereocenters. The monoisotopic (exact) mass is 383 g/mol. The molecule has 1 N–H and O–H groups in total. The number of rotatable bonds is 6. The van der Waals surface area contributed by atoms with Crippen LogP contribution in [0.15, 0.2) is 46.4 Å². The Bertz CT molecular complexity index is 926. The third-order valence-corrected chi connectivity index (χ3v) is 4.41. The van der Waals surface area contributed by atoms with Gasteiger partial charge in [0.2, 0.25) is 0 Å². The minimum atomic E-state index is -0.805.